The fraction of sp³-hybridized carbons (Fsp3) is 0. The van der Waals surface area contributed by atoms with Gasteiger partial charge in [0.15, 0.2) is 0 Å². The summed E-state index contributed by atoms with van der Waals surface area (Å²) in [6, 6.07) is 12.6. The van der Waals surface area contributed by atoms with Crippen LogP contribution in [-0.4, -0.2) is 24.5 Å². The van der Waals surface area contributed by atoms with Gasteiger partial charge in [0.2, 0.25) is 0 Å². The van der Waals surface area contributed by atoms with E-state index in [0.29, 0.717) is 14.5 Å². The third-order valence-corrected chi connectivity index (χ3v) is 4.46. The molecule has 18 heavy (non-hydrogen) atoms. The van der Waals surface area contributed by atoms with Crippen LogP contribution in [0.25, 0.3) is 21.0 Å². The van der Waals surface area contributed by atoms with Gasteiger partial charge in [-0.05, 0) is 11.5 Å². The van der Waals surface area contributed by atoms with E-state index in [9.17, 15) is 0 Å². The van der Waals surface area contributed by atoms with Gasteiger partial charge in [0.25, 0.3) is 0 Å². The maximum absolute atomic E-state index is 4.37. The van der Waals surface area contributed by atoms with Gasteiger partial charge in [-0.3, -0.25) is 0 Å². The number of thiazole rings is 1. The zero-order chi connectivity index (χ0) is 12.2. The molecule has 4 aromatic rings. The van der Waals surface area contributed by atoms with Crippen molar-refractivity contribution in [3.63, 3.8) is 0 Å². The summed E-state index contributed by atoms with van der Waals surface area (Å²) in [6.45, 7) is 0. The maximum atomic E-state index is 4.37. The molecular weight excluding hydrogens is 307 g/mol. The normalized spacial score (nSPS) is 10.2. The third-order valence-electron chi connectivity index (χ3n) is 2.57. The summed E-state index contributed by atoms with van der Waals surface area (Å²) in [5.41, 5.74) is 3.03. The average molecular weight is 317 g/mol. The van der Waals surface area contributed by atoms with Crippen molar-refractivity contribution >= 4 is 46.8 Å². The van der Waals surface area contributed by atoms with Gasteiger partial charge in [0.05, 0.1) is 15.7 Å². The van der Waals surface area contributed by atoms with E-state index < -0.39 is 0 Å². The van der Waals surface area contributed by atoms with Crippen LogP contribution in [0, 0.1) is 0 Å². The van der Waals surface area contributed by atoms with Crippen LogP contribution in [0.15, 0.2) is 58.1 Å². The molecule has 0 atom stereocenters. The monoisotopic (exact) mass is 318 g/mol. The molecule has 2 nitrogen and oxygen atoms in total. The second-order valence-corrected chi connectivity index (χ2v) is 6.13. The van der Waals surface area contributed by atoms with E-state index in [1.807, 2.05) is 16.8 Å². The Hall–Kier alpha value is -1.48. The van der Waals surface area contributed by atoms with Crippen LogP contribution < -0.4 is 0 Å². The largest absolute Gasteiger partial charge is 0.244 e. The molecule has 0 unspecified atom stereocenters. The minimum Gasteiger partial charge on any atom is -0.244 e. The van der Waals surface area contributed by atoms with Gasteiger partial charge in [-0.25, -0.2) is 4.98 Å². The minimum absolute atomic E-state index is 0.597. The standard InChI is InChI=1S/C11H7NS.C3H3NSe/c1-2-4-9-8(3-1)5-6-10-11(9)12-7-13-10;1-2-5-3-4-1/h1-7H;1-3H. The Balaban J connectivity index is 0.000000169. The summed E-state index contributed by atoms with van der Waals surface area (Å²) in [4.78, 5) is 10.2. The Labute approximate surface area is 115 Å². The first kappa shape index (κ1) is 11.6. The zero-order valence-corrected chi connectivity index (χ0v) is 12.0. The van der Waals surface area contributed by atoms with Gasteiger partial charge < -0.3 is 0 Å². The van der Waals surface area contributed by atoms with Gasteiger partial charge in [-0.1, -0.05) is 30.3 Å². The topological polar surface area (TPSA) is 25.8 Å². The summed E-state index contributed by atoms with van der Waals surface area (Å²) in [6.07, 6.45) is 1.83. The summed E-state index contributed by atoms with van der Waals surface area (Å²) < 4.78 is 1.26. The first-order chi connectivity index (χ1) is 8.95. The molecule has 0 N–H and O–H groups in total. The van der Waals surface area contributed by atoms with Crippen molar-refractivity contribution in [2.24, 2.45) is 0 Å². The minimum atomic E-state index is 0.597. The number of aromatic nitrogens is 2. The molecule has 0 amide bonds. The van der Waals surface area contributed by atoms with Gasteiger partial charge in [-0.2, -0.15) is 0 Å². The molecule has 4 heteroatoms. The van der Waals surface area contributed by atoms with E-state index in [1.165, 1.54) is 15.5 Å². The molecule has 0 radical (unpaired) electrons. The Morgan fingerprint density at radius 1 is 1.06 bits per heavy atom. The van der Waals surface area contributed by atoms with Crippen molar-refractivity contribution in [3.8, 4) is 0 Å². The molecule has 0 saturated heterocycles. The van der Waals surface area contributed by atoms with Crippen molar-refractivity contribution in [2.45, 2.75) is 0 Å². The molecule has 88 valence electrons. The third kappa shape index (κ3) is 2.36. The Kier molecular flexibility index (Phi) is 3.51. The Morgan fingerprint density at radius 2 is 2.00 bits per heavy atom. The second kappa shape index (κ2) is 5.44. The van der Waals surface area contributed by atoms with Crippen LogP contribution >= 0.6 is 11.3 Å². The molecule has 0 saturated carbocycles. The van der Waals surface area contributed by atoms with Crippen molar-refractivity contribution in [3.05, 3.63) is 58.1 Å². The van der Waals surface area contributed by atoms with Crippen molar-refractivity contribution in [2.75, 3.05) is 0 Å². The molecule has 2 aromatic carbocycles. The summed E-state index contributed by atoms with van der Waals surface area (Å²) in [5.74, 6) is 0. The average Bonchev–Trinajstić information content (AvgIpc) is 3.12. The van der Waals surface area contributed by atoms with E-state index in [0.717, 1.165) is 5.52 Å². The fourth-order valence-corrected chi connectivity index (χ4v) is 3.20. The van der Waals surface area contributed by atoms with Gasteiger partial charge in [0.1, 0.15) is 0 Å². The molecule has 0 bridgehead atoms. The molecule has 0 fully saturated rings. The number of hydrogen-bond acceptors (Lipinski definition) is 3. The first-order valence-corrected chi connectivity index (χ1v) is 8.34. The van der Waals surface area contributed by atoms with E-state index in [2.05, 4.69) is 51.3 Å². The van der Waals surface area contributed by atoms with Gasteiger partial charge in [0, 0.05) is 5.39 Å². The number of hydrogen-bond donors (Lipinski definition) is 0. The predicted octanol–water partition coefficient (Wildman–Crippen LogP) is 3.59. The quantitative estimate of drug-likeness (QED) is 0.463. The SMILES string of the molecule is c1c[se]cn1.c1ccc2c(c1)ccc1scnc12. The zero-order valence-electron chi connectivity index (χ0n) is 9.48. The number of fused-ring (bicyclic) bond motifs is 3. The van der Waals surface area contributed by atoms with Crippen LogP contribution in [0.2, 0.25) is 0 Å². The maximum Gasteiger partial charge on any atom is 0.0890 e. The number of benzene rings is 2. The molecule has 0 spiro atoms. The molecule has 2 heterocycles. The van der Waals surface area contributed by atoms with Crippen LogP contribution in [0.4, 0.5) is 0 Å². The summed E-state index contributed by atoms with van der Waals surface area (Å²) in [7, 11) is 0. The molecular formula is C14H10N2SSe. The fourth-order valence-electron chi connectivity index (χ4n) is 1.77. The Morgan fingerprint density at radius 3 is 2.78 bits per heavy atom. The van der Waals surface area contributed by atoms with Crippen LogP contribution in [-0.2, 0) is 0 Å². The van der Waals surface area contributed by atoms with Gasteiger partial charge in [-0.15, -0.1) is 11.3 Å². The molecule has 0 aliphatic rings. The Bertz CT molecular complexity index is 729. The van der Waals surface area contributed by atoms with Crippen molar-refractivity contribution in [1.82, 2.24) is 9.97 Å². The molecule has 4 rings (SSSR count). The van der Waals surface area contributed by atoms with Crippen LogP contribution in [0.1, 0.15) is 0 Å². The van der Waals surface area contributed by atoms with E-state index >= 15 is 0 Å². The summed E-state index contributed by atoms with van der Waals surface area (Å²) >= 11 is 2.29. The summed E-state index contributed by atoms with van der Waals surface area (Å²) in [5, 5.41) is 4.45. The molecule has 2 aromatic heterocycles. The van der Waals surface area contributed by atoms with Crippen LogP contribution in [0.3, 0.4) is 0 Å². The van der Waals surface area contributed by atoms with Crippen LogP contribution in [0.5, 0.6) is 0 Å². The smallest absolute Gasteiger partial charge is 0.0890 e. The molecule has 0 aliphatic heterocycles. The second-order valence-electron chi connectivity index (χ2n) is 3.66. The first-order valence-electron chi connectivity index (χ1n) is 5.48. The van der Waals surface area contributed by atoms with Gasteiger partial charge >= 0.3 is 35.7 Å². The van der Waals surface area contributed by atoms with E-state index in [4.69, 9.17) is 0 Å². The van der Waals surface area contributed by atoms with E-state index in [1.54, 1.807) is 11.3 Å². The predicted molar refractivity (Wildman–Crippen MR) is 78.3 cm³/mol. The van der Waals surface area contributed by atoms with E-state index in [-0.39, 0.29) is 0 Å². The molecule has 0 aliphatic carbocycles. The van der Waals surface area contributed by atoms with Crippen molar-refractivity contribution < 1.29 is 0 Å². The number of nitrogens with zero attached hydrogens (tertiary/aromatic N) is 2. The van der Waals surface area contributed by atoms with Crippen molar-refractivity contribution in [1.29, 1.82) is 0 Å². The number of rotatable bonds is 0.